The van der Waals surface area contributed by atoms with Gasteiger partial charge in [0, 0.05) is 19.1 Å². The molecule has 0 bridgehead atoms. The Morgan fingerprint density at radius 2 is 2.07 bits per heavy atom. The highest BCUT2D eigenvalue weighted by Gasteiger charge is 2.30. The van der Waals surface area contributed by atoms with Gasteiger partial charge in [-0.3, -0.25) is 10.3 Å². The molecule has 0 saturated carbocycles. The van der Waals surface area contributed by atoms with Crippen molar-refractivity contribution >= 4 is 17.3 Å². The van der Waals surface area contributed by atoms with E-state index in [1.54, 1.807) is 12.3 Å². The number of furan rings is 1. The summed E-state index contributed by atoms with van der Waals surface area (Å²) in [6.45, 7) is 2.49. The number of halogens is 3. The van der Waals surface area contributed by atoms with Crippen LogP contribution in [-0.2, 0) is 19.3 Å². The van der Waals surface area contributed by atoms with Crippen molar-refractivity contribution in [3.8, 4) is 0 Å². The number of alkyl halides is 3. The Labute approximate surface area is 173 Å². The maximum Gasteiger partial charge on any atom is 0.416 e. The Bertz CT molecular complexity index is 782. The van der Waals surface area contributed by atoms with Crippen molar-refractivity contribution < 1.29 is 17.6 Å². The highest BCUT2D eigenvalue weighted by molar-refractivity contribution is 7.80. The van der Waals surface area contributed by atoms with Gasteiger partial charge in [0.2, 0.25) is 0 Å². The second-order valence-electron chi connectivity index (χ2n) is 7.09. The lowest BCUT2D eigenvalue weighted by Gasteiger charge is -2.36. The standard InChI is InChI=1S/C20H25F3N4OS/c21-20(22,23)16-6-3-5-15(11-16)14-27-9-2-1-7-17(27)12-25-26-19(29)24-13-18-8-4-10-28-18/h3-6,8,10-11,17,25H,1-2,7,9,12-14H2,(H2,24,26,29). The molecule has 1 aromatic carbocycles. The minimum Gasteiger partial charge on any atom is -0.467 e. The molecule has 158 valence electrons. The van der Waals surface area contributed by atoms with Crippen LogP contribution in [0.15, 0.2) is 47.1 Å². The van der Waals surface area contributed by atoms with E-state index in [-0.39, 0.29) is 6.04 Å². The summed E-state index contributed by atoms with van der Waals surface area (Å²) in [5, 5.41) is 3.50. The van der Waals surface area contributed by atoms with Gasteiger partial charge >= 0.3 is 6.18 Å². The summed E-state index contributed by atoms with van der Waals surface area (Å²) < 4.78 is 44.1. The third-order valence-electron chi connectivity index (χ3n) is 4.93. The van der Waals surface area contributed by atoms with Crippen LogP contribution in [0.4, 0.5) is 13.2 Å². The summed E-state index contributed by atoms with van der Waals surface area (Å²) in [6, 6.07) is 9.47. The van der Waals surface area contributed by atoms with Crippen LogP contribution in [0.25, 0.3) is 0 Å². The van der Waals surface area contributed by atoms with E-state index in [1.165, 1.54) is 12.1 Å². The summed E-state index contributed by atoms with van der Waals surface area (Å²) in [5.74, 6) is 0.786. The lowest BCUT2D eigenvalue weighted by Crippen LogP contribution is -2.51. The van der Waals surface area contributed by atoms with Crippen LogP contribution >= 0.6 is 12.2 Å². The van der Waals surface area contributed by atoms with Gasteiger partial charge in [-0.1, -0.05) is 24.6 Å². The number of piperidine rings is 1. The average molecular weight is 427 g/mol. The number of hydrazine groups is 1. The molecule has 2 aromatic rings. The van der Waals surface area contributed by atoms with E-state index in [0.717, 1.165) is 37.6 Å². The fourth-order valence-electron chi connectivity index (χ4n) is 3.45. The largest absolute Gasteiger partial charge is 0.467 e. The molecule has 1 aromatic heterocycles. The SMILES string of the molecule is FC(F)(F)c1cccc(CN2CCCCC2CNNC(=S)NCc2ccco2)c1. The maximum absolute atomic E-state index is 13.0. The van der Waals surface area contributed by atoms with Gasteiger partial charge in [-0.2, -0.15) is 13.2 Å². The molecule has 1 atom stereocenters. The quantitative estimate of drug-likeness (QED) is 0.462. The van der Waals surface area contributed by atoms with E-state index in [4.69, 9.17) is 16.6 Å². The van der Waals surface area contributed by atoms with Crippen LogP contribution in [0.3, 0.4) is 0 Å². The molecular formula is C20H25F3N4OS. The molecule has 29 heavy (non-hydrogen) atoms. The number of nitrogens with one attached hydrogen (secondary N) is 3. The Balaban J connectivity index is 1.47. The Morgan fingerprint density at radius 1 is 1.21 bits per heavy atom. The minimum absolute atomic E-state index is 0.221. The van der Waals surface area contributed by atoms with Gasteiger partial charge in [-0.15, -0.1) is 0 Å². The van der Waals surface area contributed by atoms with Gasteiger partial charge in [0.05, 0.1) is 18.4 Å². The fourth-order valence-corrected chi connectivity index (χ4v) is 3.60. The molecule has 3 rings (SSSR count). The molecule has 9 heteroatoms. The lowest BCUT2D eigenvalue weighted by atomic mass is 10.0. The molecule has 5 nitrogen and oxygen atoms in total. The van der Waals surface area contributed by atoms with Crippen molar-refractivity contribution in [3.05, 3.63) is 59.5 Å². The van der Waals surface area contributed by atoms with Crippen LogP contribution < -0.4 is 16.2 Å². The van der Waals surface area contributed by atoms with Gasteiger partial charge in [-0.25, -0.2) is 5.43 Å². The fraction of sp³-hybridized carbons (Fsp3) is 0.450. The molecule has 2 heterocycles. The van der Waals surface area contributed by atoms with Gasteiger partial charge in [0.15, 0.2) is 5.11 Å². The van der Waals surface area contributed by atoms with Crippen molar-refractivity contribution in [1.82, 2.24) is 21.1 Å². The zero-order valence-electron chi connectivity index (χ0n) is 16.0. The van der Waals surface area contributed by atoms with E-state index in [1.807, 2.05) is 12.1 Å². The molecule has 1 saturated heterocycles. The highest BCUT2D eigenvalue weighted by Crippen LogP contribution is 2.30. The molecular weight excluding hydrogens is 401 g/mol. The first-order valence-corrected chi connectivity index (χ1v) is 10.0. The van der Waals surface area contributed by atoms with Crippen LogP contribution in [0, 0.1) is 0 Å². The summed E-state index contributed by atoms with van der Waals surface area (Å²) in [5.41, 5.74) is 6.17. The number of benzene rings is 1. The molecule has 3 N–H and O–H groups in total. The summed E-state index contributed by atoms with van der Waals surface area (Å²) in [6.07, 6.45) is 0.424. The predicted octanol–water partition coefficient (Wildman–Crippen LogP) is 3.82. The van der Waals surface area contributed by atoms with E-state index >= 15 is 0 Å². The molecule has 0 radical (unpaired) electrons. The molecule has 0 spiro atoms. The van der Waals surface area contributed by atoms with Crippen molar-refractivity contribution in [2.75, 3.05) is 13.1 Å². The zero-order valence-corrected chi connectivity index (χ0v) is 16.8. The molecule has 0 aliphatic carbocycles. The van der Waals surface area contributed by atoms with E-state index in [0.29, 0.717) is 30.3 Å². The van der Waals surface area contributed by atoms with Crippen molar-refractivity contribution in [2.24, 2.45) is 0 Å². The third-order valence-corrected chi connectivity index (χ3v) is 5.18. The second kappa shape index (κ2) is 10.1. The molecule has 1 aliphatic rings. The number of likely N-dealkylation sites (tertiary alicyclic amines) is 1. The van der Waals surface area contributed by atoms with Crippen LogP contribution in [0.5, 0.6) is 0 Å². The first kappa shape index (κ1) is 21.6. The molecule has 1 aliphatic heterocycles. The number of thiocarbonyl (C=S) groups is 1. The van der Waals surface area contributed by atoms with Crippen LogP contribution in [-0.4, -0.2) is 29.1 Å². The number of rotatable bonds is 7. The van der Waals surface area contributed by atoms with E-state index < -0.39 is 11.7 Å². The van der Waals surface area contributed by atoms with E-state index in [9.17, 15) is 13.2 Å². The Hall–Kier alpha value is -2.10. The van der Waals surface area contributed by atoms with Crippen molar-refractivity contribution in [3.63, 3.8) is 0 Å². The first-order chi connectivity index (χ1) is 13.9. The minimum atomic E-state index is -4.32. The second-order valence-corrected chi connectivity index (χ2v) is 7.49. The zero-order chi connectivity index (χ0) is 20.7. The number of hydrogen-bond donors (Lipinski definition) is 3. The maximum atomic E-state index is 13.0. The first-order valence-electron chi connectivity index (χ1n) is 9.61. The Kier molecular flexibility index (Phi) is 7.51. The lowest BCUT2D eigenvalue weighted by molar-refractivity contribution is -0.137. The van der Waals surface area contributed by atoms with Crippen LogP contribution in [0.2, 0.25) is 0 Å². The molecule has 1 fully saturated rings. The van der Waals surface area contributed by atoms with Crippen molar-refractivity contribution in [2.45, 2.75) is 44.6 Å². The van der Waals surface area contributed by atoms with Gasteiger partial charge in [0.1, 0.15) is 5.76 Å². The average Bonchev–Trinajstić information content (AvgIpc) is 3.21. The topological polar surface area (TPSA) is 52.5 Å². The molecule has 1 unspecified atom stereocenters. The summed E-state index contributed by atoms with van der Waals surface area (Å²) >= 11 is 5.23. The van der Waals surface area contributed by atoms with Gasteiger partial charge < -0.3 is 9.73 Å². The monoisotopic (exact) mass is 426 g/mol. The van der Waals surface area contributed by atoms with Gasteiger partial charge in [-0.05, 0) is 55.4 Å². The number of hydrogen-bond acceptors (Lipinski definition) is 4. The smallest absolute Gasteiger partial charge is 0.416 e. The number of nitrogens with zero attached hydrogens (tertiary/aromatic N) is 1. The van der Waals surface area contributed by atoms with Crippen LogP contribution in [0.1, 0.15) is 36.1 Å². The predicted molar refractivity (Wildman–Crippen MR) is 109 cm³/mol. The normalized spacial score (nSPS) is 17.8. The highest BCUT2D eigenvalue weighted by atomic mass is 32.1. The molecule has 0 amide bonds. The summed E-state index contributed by atoms with van der Waals surface area (Å²) in [4.78, 5) is 2.23. The van der Waals surface area contributed by atoms with E-state index in [2.05, 4.69) is 21.1 Å². The third kappa shape index (κ3) is 6.73. The summed E-state index contributed by atoms with van der Waals surface area (Å²) in [7, 11) is 0. The van der Waals surface area contributed by atoms with Gasteiger partial charge in [0.25, 0.3) is 0 Å². The van der Waals surface area contributed by atoms with Crippen molar-refractivity contribution in [1.29, 1.82) is 0 Å². The Morgan fingerprint density at radius 3 is 2.83 bits per heavy atom.